The molecule has 3 unspecified atom stereocenters. The van der Waals surface area contributed by atoms with Gasteiger partial charge < -0.3 is 15.5 Å². The lowest BCUT2D eigenvalue weighted by atomic mass is 10.0. The minimum atomic E-state index is -4.39. The SMILES string of the molecule is CCCCCC/C=C\CCC(O)C(=O)NC(CS(=O)(=O)O)C(O)CCCCCCCCCC. The molecule has 7 nitrogen and oxygen atoms in total. The van der Waals surface area contributed by atoms with Crippen LogP contribution < -0.4 is 5.32 Å². The summed E-state index contributed by atoms with van der Waals surface area (Å²) < 4.78 is 31.9. The van der Waals surface area contributed by atoms with Crippen molar-refractivity contribution in [2.24, 2.45) is 0 Å². The molecule has 0 bridgehead atoms. The Kier molecular flexibility index (Phi) is 19.8. The van der Waals surface area contributed by atoms with Crippen molar-refractivity contribution in [2.75, 3.05) is 5.75 Å². The number of carbonyl (C=O) groups is 1. The third-order valence-corrected chi connectivity index (χ3v) is 6.62. The molecule has 0 aromatic rings. The van der Waals surface area contributed by atoms with E-state index in [-0.39, 0.29) is 6.42 Å². The Balaban J connectivity index is 4.38. The van der Waals surface area contributed by atoms with Crippen molar-refractivity contribution < 1.29 is 28.0 Å². The van der Waals surface area contributed by atoms with Gasteiger partial charge in [-0.15, -0.1) is 0 Å². The fraction of sp³-hybridized carbons (Fsp3) is 0.880. The minimum Gasteiger partial charge on any atom is -0.391 e. The Labute approximate surface area is 202 Å². The van der Waals surface area contributed by atoms with Gasteiger partial charge in [0.2, 0.25) is 5.91 Å². The predicted molar refractivity (Wildman–Crippen MR) is 135 cm³/mol. The molecule has 0 aliphatic heterocycles. The van der Waals surface area contributed by atoms with Gasteiger partial charge in [0.15, 0.2) is 0 Å². The molecule has 0 spiro atoms. The summed E-state index contributed by atoms with van der Waals surface area (Å²) in [4.78, 5) is 12.3. The number of amides is 1. The molecule has 196 valence electrons. The molecule has 0 saturated heterocycles. The van der Waals surface area contributed by atoms with Crippen molar-refractivity contribution in [3.05, 3.63) is 12.2 Å². The highest BCUT2D eigenvalue weighted by Crippen LogP contribution is 2.13. The molecule has 0 rings (SSSR count). The summed E-state index contributed by atoms with van der Waals surface area (Å²) in [5.74, 6) is -1.50. The first kappa shape index (κ1) is 32.0. The maximum Gasteiger partial charge on any atom is 0.266 e. The largest absolute Gasteiger partial charge is 0.391 e. The van der Waals surface area contributed by atoms with E-state index in [9.17, 15) is 28.0 Å². The molecule has 0 aliphatic rings. The van der Waals surface area contributed by atoms with E-state index in [4.69, 9.17) is 0 Å². The van der Waals surface area contributed by atoms with Gasteiger partial charge in [0, 0.05) is 0 Å². The molecule has 4 N–H and O–H groups in total. The van der Waals surface area contributed by atoms with Crippen LogP contribution >= 0.6 is 0 Å². The molecule has 0 saturated carbocycles. The maximum atomic E-state index is 12.3. The summed E-state index contributed by atoms with van der Waals surface area (Å²) in [7, 11) is -4.39. The molecule has 1 amide bonds. The zero-order chi connectivity index (χ0) is 25.0. The van der Waals surface area contributed by atoms with Gasteiger partial charge in [-0.25, -0.2) is 0 Å². The average molecular weight is 492 g/mol. The van der Waals surface area contributed by atoms with Crippen LogP contribution in [0.3, 0.4) is 0 Å². The van der Waals surface area contributed by atoms with Crippen LogP contribution in [0.4, 0.5) is 0 Å². The van der Waals surface area contributed by atoms with Gasteiger partial charge in [0.1, 0.15) is 6.10 Å². The standard InChI is InChI=1S/C25H49NO6S/c1-3-5-7-9-11-13-15-17-19-23(27)22(21-33(30,31)32)26-25(29)24(28)20-18-16-14-12-10-8-6-4-2/h14,16,22-24,27-28H,3-13,15,17-21H2,1-2H3,(H,26,29)(H,30,31,32)/b16-14-. The van der Waals surface area contributed by atoms with Crippen LogP contribution in [0.15, 0.2) is 12.2 Å². The second kappa shape index (κ2) is 20.4. The van der Waals surface area contributed by atoms with E-state index in [2.05, 4.69) is 25.2 Å². The van der Waals surface area contributed by atoms with Crippen LogP contribution in [0.1, 0.15) is 117 Å². The van der Waals surface area contributed by atoms with E-state index in [1.165, 1.54) is 44.9 Å². The van der Waals surface area contributed by atoms with Gasteiger partial charge in [-0.3, -0.25) is 9.35 Å². The Morgan fingerprint density at radius 3 is 1.88 bits per heavy atom. The summed E-state index contributed by atoms with van der Waals surface area (Å²) in [6, 6.07) is -1.15. The number of carbonyl (C=O) groups excluding carboxylic acids is 1. The topological polar surface area (TPSA) is 124 Å². The molecule has 0 aromatic carbocycles. The number of rotatable bonds is 22. The number of hydrogen-bond acceptors (Lipinski definition) is 5. The zero-order valence-electron chi connectivity index (χ0n) is 20.9. The van der Waals surface area contributed by atoms with Crippen molar-refractivity contribution in [3.8, 4) is 0 Å². The number of unbranched alkanes of at least 4 members (excludes halogenated alkanes) is 11. The number of allylic oxidation sites excluding steroid dienone is 2. The molecule has 3 atom stereocenters. The average Bonchev–Trinajstić information content (AvgIpc) is 2.75. The Bertz CT molecular complexity index is 608. The van der Waals surface area contributed by atoms with Gasteiger partial charge in [-0.1, -0.05) is 96.6 Å². The van der Waals surface area contributed by atoms with Gasteiger partial charge in [0.25, 0.3) is 10.1 Å². The molecule has 8 heteroatoms. The van der Waals surface area contributed by atoms with Gasteiger partial charge in [0.05, 0.1) is 17.9 Å². The van der Waals surface area contributed by atoms with Crippen molar-refractivity contribution in [1.29, 1.82) is 0 Å². The highest BCUT2D eigenvalue weighted by Gasteiger charge is 2.28. The number of aliphatic hydroxyl groups excluding tert-OH is 2. The lowest BCUT2D eigenvalue weighted by molar-refractivity contribution is -0.131. The monoisotopic (exact) mass is 491 g/mol. The van der Waals surface area contributed by atoms with Gasteiger partial charge in [-0.2, -0.15) is 8.42 Å². The van der Waals surface area contributed by atoms with Crippen LogP contribution in [0.5, 0.6) is 0 Å². The Morgan fingerprint density at radius 1 is 0.788 bits per heavy atom. The van der Waals surface area contributed by atoms with Gasteiger partial charge >= 0.3 is 0 Å². The molecule has 33 heavy (non-hydrogen) atoms. The Morgan fingerprint density at radius 2 is 1.30 bits per heavy atom. The fourth-order valence-corrected chi connectivity index (χ4v) is 4.51. The smallest absolute Gasteiger partial charge is 0.266 e. The summed E-state index contributed by atoms with van der Waals surface area (Å²) in [5.41, 5.74) is 0. The summed E-state index contributed by atoms with van der Waals surface area (Å²) in [6.45, 7) is 4.34. The van der Waals surface area contributed by atoms with Crippen molar-refractivity contribution in [1.82, 2.24) is 5.32 Å². The van der Waals surface area contributed by atoms with E-state index in [0.29, 0.717) is 19.3 Å². The Hall–Kier alpha value is -0.960. The van der Waals surface area contributed by atoms with E-state index >= 15 is 0 Å². The number of hydrogen-bond donors (Lipinski definition) is 4. The van der Waals surface area contributed by atoms with Crippen LogP contribution in [-0.4, -0.2) is 53.1 Å². The van der Waals surface area contributed by atoms with Gasteiger partial charge in [-0.05, 0) is 32.1 Å². The zero-order valence-corrected chi connectivity index (χ0v) is 21.7. The third-order valence-electron chi connectivity index (χ3n) is 5.84. The van der Waals surface area contributed by atoms with Crippen LogP contribution in [-0.2, 0) is 14.9 Å². The van der Waals surface area contributed by atoms with Crippen LogP contribution in [0, 0.1) is 0 Å². The summed E-state index contributed by atoms with van der Waals surface area (Å²) in [5, 5.41) is 23.0. The highest BCUT2D eigenvalue weighted by molar-refractivity contribution is 7.85. The lowest BCUT2D eigenvalue weighted by Gasteiger charge is -2.24. The first-order valence-corrected chi connectivity index (χ1v) is 14.6. The minimum absolute atomic E-state index is 0.212. The number of aliphatic hydroxyl groups is 2. The van der Waals surface area contributed by atoms with E-state index in [0.717, 1.165) is 32.1 Å². The van der Waals surface area contributed by atoms with Crippen LogP contribution in [0.2, 0.25) is 0 Å². The maximum absolute atomic E-state index is 12.3. The molecule has 0 aromatic heterocycles. The first-order valence-electron chi connectivity index (χ1n) is 13.0. The second-order valence-corrected chi connectivity index (χ2v) is 10.6. The quantitative estimate of drug-likeness (QED) is 0.0968. The molecule has 0 radical (unpaired) electrons. The molecule has 0 fully saturated rings. The lowest BCUT2D eigenvalue weighted by Crippen LogP contribution is -2.50. The molecular weight excluding hydrogens is 442 g/mol. The van der Waals surface area contributed by atoms with Crippen molar-refractivity contribution >= 4 is 16.0 Å². The fourth-order valence-electron chi connectivity index (χ4n) is 3.75. The molecular formula is C25H49NO6S. The van der Waals surface area contributed by atoms with Crippen molar-refractivity contribution in [2.45, 2.75) is 135 Å². The van der Waals surface area contributed by atoms with E-state index in [1.54, 1.807) is 0 Å². The summed E-state index contributed by atoms with van der Waals surface area (Å²) in [6.07, 6.45) is 17.1. The molecule has 0 heterocycles. The highest BCUT2D eigenvalue weighted by atomic mass is 32.2. The second-order valence-electron chi connectivity index (χ2n) is 9.11. The normalized spacial score (nSPS) is 14.9. The molecule has 0 aliphatic carbocycles. The first-order chi connectivity index (χ1) is 15.7. The number of nitrogens with one attached hydrogen (secondary N) is 1. The summed E-state index contributed by atoms with van der Waals surface area (Å²) >= 11 is 0. The van der Waals surface area contributed by atoms with Crippen LogP contribution in [0.25, 0.3) is 0 Å². The van der Waals surface area contributed by atoms with E-state index in [1.807, 2.05) is 6.08 Å². The predicted octanol–water partition coefficient (Wildman–Crippen LogP) is 4.92. The third kappa shape index (κ3) is 20.2. The van der Waals surface area contributed by atoms with Crippen molar-refractivity contribution in [3.63, 3.8) is 0 Å². The van der Waals surface area contributed by atoms with E-state index < -0.39 is 40.0 Å².